The van der Waals surface area contributed by atoms with Crippen molar-refractivity contribution in [1.82, 2.24) is 20.2 Å². The highest BCUT2D eigenvalue weighted by atomic mass is 16.1. The summed E-state index contributed by atoms with van der Waals surface area (Å²) in [7, 11) is 0. The van der Waals surface area contributed by atoms with E-state index in [0.29, 0.717) is 5.56 Å². The highest BCUT2D eigenvalue weighted by molar-refractivity contribution is 6.06. The van der Waals surface area contributed by atoms with Crippen molar-refractivity contribution in [2.24, 2.45) is 0 Å². The Hall–Kier alpha value is -3.41. The van der Waals surface area contributed by atoms with Crippen LogP contribution in [0.4, 0.5) is 5.69 Å². The lowest BCUT2D eigenvalue weighted by molar-refractivity contribution is 0.102. The number of carbonyl (C=O) groups is 1. The molecule has 3 N–H and O–H groups in total. The smallest absolute Gasteiger partial charge is 0.255 e. The van der Waals surface area contributed by atoms with Gasteiger partial charge in [0.2, 0.25) is 0 Å². The number of nitrogens with zero attached hydrogens (tertiary/aromatic N) is 2. The summed E-state index contributed by atoms with van der Waals surface area (Å²) >= 11 is 0. The van der Waals surface area contributed by atoms with Crippen molar-refractivity contribution in [1.29, 1.82) is 0 Å². The Kier molecular flexibility index (Phi) is 3.35. The standard InChI is InChI=1S/C18H15N5O/c1-11-7-16(23-22-11)12-3-2-4-14(8-12)21-18(24)13-5-6-15-17(9-13)20-10-19-15/h2-10H,1H3,(H,19,20)(H,21,24)(H,22,23). The molecule has 2 aromatic heterocycles. The quantitative estimate of drug-likeness (QED) is 0.540. The lowest BCUT2D eigenvalue weighted by atomic mass is 10.1. The molecule has 0 aliphatic carbocycles. The van der Waals surface area contributed by atoms with Crippen LogP contribution in [-0.2, 0) is 0 Å². The summed E-state index contributed by atoms with van der Waals surface area (Å²) in [5.41, 5.74) is 5.76. The molecule has 4 aromatic rings. The Bertz CT molecular complexity index is 1030. The average molecular weight is 317 g/mol. The molecule has 0 aliphatic rings. The molecule has 6 heteroatoms. The molecule has 0 unspecified atom stereocenters. The fourth-order valence-electron chi connectivity index (χ4n) is 2.60. The van der Waals surface area contributed by atoms with Gasteiger partial charge in [-0.3, -0.25) is 9.89 Å². The van der Waals surface area contributed by atoms with Crippen LogP contribution in [0, 0.1) is 6.92 Å². The number of nitrogens with one attached hydrogen (secondary N) is 3. The van der Waals surface area contributed by atoms with Gasteiger partial charge in [-0.05, 0) is 43.3 Å². The van der Waals surface area contributed by atoms with Crippen LogP contribution in [0.25, 0.3) is 22.3 Å². The number of rotatable bonds is 3. The molecule has 4 rings (SSSR count). The van der Waals surface area contributed by atoms with Gasteiger partial charge in [0, 0.05) is 22.5 Å². The van der Waals surface area contributed by atoms with Crippen molar-refractivity contribution < 1.29 is 4.79 Å². The molecule has 0 saturated heterocycles. The number of benzene rings is 2. The highest BCUT2D eigenvalue weighted by Gasteiger charge is 2.09. The van der Waals surface area contributed by atoms with E-state index in [1.165, 1.54) is 0 Å². The molecule has 0 spiro atoms. The Morgan fingerprint density at radius 1 is 1.12 bits per heavy atom. The summed E-state index contributed by atoms with van der Waals surface area (Å²) in [6, 6.07) is 15.0. The zero-order valence-electron chi connectivity index (χ0n) is 13.0. The number of hydrogen-bond acceptors (Lipinski definition) is 3. The first-order chi connectivity index (χ1) is 11.7. The summed E-state index contributed by atoms with van der Waals surface area (Å²) < 4.78 is 0. The van der Waals surface area contributed by atoms with Crippen LogP contribution in [-0.4, -0.2) is 26.1 Å². The molecule has 0 bridgehead atoms. The van der Waals surface area contributed by atoms with Crippen molar-refractivity contribution >= 4 is 22.6 Å². The zero-order chi connectivity index (χ0) is 16.5. The fraction of sp³-hybridized carbons (Fsp3) is 0.0556. The first-order valence-corrected chi connectivity index (χ1v) is 7.56. The number of imidazole rings is 1. The normalized spacial score (nSPS) is 10.9. The number of carbonyl (C=O) groups excluding carboxylic acids is 1. The molecule has 0 saturated carbocycles. The topological polar surface area (TPSA) is 86.5 Å². The zero-order valence-corrected chi connectivity index (χ0v) is 13.0. The maximum atomic E-state index is 12.5. The van der Waals surface area contributed by atoms with Gasteiger partial charge in [0.1, 0.15) is 0 Å². The summed E-state index contributed by atoms with van der Waals surface area (Å²) in [4.78, 5) is 19.6. The SMILES string of the molecule is Cc1cc(-c2cccc(NC(=O)c3ccc4nc[nH]c4c3)c2)n[nH]1. The molecular formula is C18H15N5O. The molecule has 0 aliphatic heterocycles. The van der Waals surface area contributed by atoms with E-state index in [-0.39, 0.29) is 5.91 Å². The third-order valence-corrected chi connectivity index (χ3v) is 3.80. The monoisotopic (exact) mass is 317 g/mol. The van der Waals surface area contributed by atoms with Gasteiger partial charge in [-0.15, -0.1) is 0 Å². The van der Waals surface area contributed by atoms with Crippen LogP contribution in [0.3, 0.4) is 0 Å². The largest absolute Gasteiger partial charge is 0.345 e. The minimum atomic E-state index is -0.165. The number of amides is 1. The van der Waals surface area contributed by atoms with E-state index >= 15 is 0 Å². The second kappa shape index (κ2) is 5.66. The number of H-pyrrole nitrogens is 2. The van der Waals surface area contributed by atoms with Gasteiger partial charge in [0.15, 0.2) is 0 Å². The predicted molar refractivity (Wildman–Crippen MR) is 92.8 cm³/mol. The maximum Gasteiger partial charge on any atom is 0.255 e. The van der Waals surface area contributed by atoms with E-state index in [1.54, 1.807) is 18.5 Å². The van der Waals surface area contributed by atoms with Crippen LogP contribution >= 0.6 is 0 Å². The van der Waals surface area contributed by atoms with Crippen molar-refractivity contribution in [2.75, 3.05) is 5.32 Å². The first kappa shape index (κ1) is 14.2. The third-order valence-electron chi connectivity index (χ3n) is 3.80. The maximum absolute atomic E-state index is 12.5. The van der Waals surface area contributed by atoms with Crippen LogP contribution in [0.5, 0.6) is 0 Å². The number of aromatic amines is 2. The number of hydrogen-bond donors (Lipinski definition) is 3. The molecule has 2 heterocycles. The second-order valence-electron chi connectivity index (χ2n) is 5.61. The molecule has 0 atom stereocenters. The fourth-order valence-corrected chi connectivity index (χ4v) is 2.60. The molecule has 6 nitrogen and oxygen atoms in total. The molecule has 2 aromatic carbocycles. The Labute approximate surface area is 137 Å². The minimum absolute atomic E-state index is 0.165. The van der Waals surface area contributed by atoms with Crippen molar-refractivity contribution in [3.8, 4) is 11.3 Å². The number of fused-ring (bicyclic) bond motifs is 1. The molecule has 118 valence electrons. The Morgan fingerprint density at radius 3 is 2.88 bits per heavy atom. The highest BCUT2D eigenvalue weighted by Crippen LogP contribution is 2.22. The van der Waals surface area contributed by atoms with Crippen LogP contribution < -0.4 is 5.32 Å². The van der Waals surface area contributed by atoms with Crippen molar-refractivity contribution in [3.63, 3.8) is 0 Å². The summed E-state index contributed by atoms with van der Waals surface area (Å²) in [6.45, 7) is 1.95. The number of aromatic nitrogens is 4. The molecule has 24 heavy (non-hydrogen) atoms. The Balaban J connectivity index is 1.59. The third kappa shape index (κ3) is 2.65. The van der Waals surface area contributed by atoms with E-state index in [1.807, 2.05) is 43.3 Å². The first-order valence-electron chi connectivity index (χ1n) is 7.56. The lowest BCUT2D eigenvalue weighted by Gasteiger charge is -2.07. The summed E-state index contributed by atoms with van der Waals surface area (Å²) in [5.74, 6) is -0.165. The Morgan fingerprint density at radius 2 is 2.04 bits per heavy atom. The van der Waals surface area contributed by atoms with Crippen molar-refractivity contribution in [3.05, 3.63) is 66.1 Å². The predicted octanol–water partition coefficient (Wildman–Crippen LogP) is 3.51. The van der Waals surface area contributed by atoms with Gasteiger partial charge in [-0.1, -0.05) is 12.1 Å². The molecule has 0 fully saturated rings. The van der Waals surface area contributed by atoms with Crippen molar-refractivity contribution in [2.45, 2.75) is 6.92 Å². The molecule has 1 amide bonds. The minimum Gasteiger partial charge on any atom is -0.345 e. The van der Waals surface area contributed by atoms with Gasteiger partial charge in [-0.2, -0.15) is 5.10 Å². The van der Waals surface area contributed by atoms with E-state index in [4.69, 9.17) is 0 Å². The van der Waals surface area contributed by atoms with E-state index in [2.05, 4.69) is 25.5 Å². The summed E-state index contributed by atoms with van der Waals surface area (Å²) in [6.07, 6.45) is 1.61. The lowest BCUT2D eigenvalue weighted by Crippen LogP contribution is -2.11. The van der Waals surface area contributed by atoms with Gasteiger partial charge < -0.3 is 10.3 Å². The van der Waals surface area contributed by atoms with Crippen LogP contribution in [0.15, 0.2) is 54.9 Å². The second-order valence-corrected chi connectivity index (χ2v) is 5.61. The number of anilines is 1. The van der Waals surface area contributed by atoms with E-state index in [9.17, 15) is 4.79 Å². The van der Waals surface area contributed by atoms with Gasteiger partial charge >= 0.3 is 0 Å². The molecular weight excluding hydrogens is 302 g/mol. The van der Waals surface area contributed by atoms with Gasteiger partial charge in [0.25, 0.3) is 5.91 Å². The average Bonchev–Trinajstić information content (AvgIpc) is 3.23. The van der Waals surface area contributed by atoms with Gasteiger partial charge in [-0.25, -0.2) is 4.98 Å². The molecule has 0 radical (unpaired) electrons. The van der Waals surface area contributed by atoms with Crippen LogP contribution in [0.1, 0.15) is 16.1 Å². The van der Waals surface area contributed by atoms with E-state index < -0.39 is 0 Å². The van der Waals surface area contributed by atoms with Gasteiger partial charge in [0.05, 0.1) is 23.1 Å². The van der Waals surface area contributed by atoms with Crippen LogP contribution in [0.2, 0.25) is 0 Å². The van der Waals surface area contributed by atoms with E-state index in [0.717, 1.165) is 33.7 Å². The number of aryl methyl sites for hydroxylation is 1. The summed E-state index contributed by atoms with van der Waals surface area (Å²) in [5, 5.41) is 10.1.